The summed E-state index contributed by atoms with van der Waals surface area (Å²) in [5.74, 6) is 0. The lowest BCUT2D eigenvalue weighted by Crippen LogP contribution is -2.49. The van der Waals surface area contributed by atoms with Crippen LogP contribution in [0.15, 0.2) is 11.0 Å². The van der Waals surface area contributed by atoms with Gasteiger partial charge in [-0.2, -0.15) is 5.10 Å². The van der Waals surface area contributed by atoms with Gasteiger partial charge in [0.1, 0.15) is 5.02 Å². The van der Waals surface area contributed by atoms with Crippen LogP contribution >= 0.6 is 11.6 Å². The van der Waals surface area contributed by atoms with E-state index in [0.29, 0.717) is 18.8 Å². The number of hydrogen-bond acceptors (Lipinski definition) is 5. The highest BCUT2D eigenvalue weighted by atomic mass is 35.5. The van der Waals surface area contributed by atoms with Crippen molar-refractivity contribution in [3.8, 4) is 0 Å². The fraction of sp³-hybridized carbons (Fsp3) is 0.667. The molecule has 7 heteroatoms. The predicted octanol–water partition coefficient (Wildman–Crippen LogP) is 0.614. The van der Waals surface area contributed by atoms with E-state index in [2.05, 4.69) is 15.7 Å². The SMILES string of the molecule is COCC1(CNc2cnn(C)c(=O)c2Cl)CCCN1. The van der Waals surface area contributed by atoms with Crippen LogP contribution in [0, 0.1) is 0 Å². The standard InChI is InChI=1S/C12H19ClN4O2/c1-17-11(18)10(13)9(6-16-17)14-7-12(8-19-2)4-3-5-15-12/h6,14-15H,3-5,7-8H2,1-2H3. The number of anilines is 1. The molecule has 1 aromatic heterocycles. The van der Waals surface area contributed by atoms with Crippen molar-refractivity contribution in [1.82, 2.24) is 15.1 Å². The van der Waals surface area contributed by atoms with Crippen LogP contribution < -0.4 is 16.2 Å². The first-order valence-electron chi connectivity index (χ1n) is 6.28. The lowest BCUT2D eigenvalue weighted by molar-refractivity contribution is 0.127. The predicted molar refractivity (Wildman–Crippen MR) is 74.8 cm³/mol. The van der Waals surface area contributed by atoms with Gasteiger partial charge in [-0.25, -0.2) is 4.68 Å². The number of halogens is 1. The molecule has 0 saturated carbocycles. The Labute approximate surface area is 117 Å². The van der Waals surface area contributed by atoms with E-state index < -0.39 is 0 Å². The Hall–Kier alpha value is -1.11. The smallest absolute Gasteiger partial charge is 0.287 e. The van der Waals surface area contributed by atoms with Gasteiger partial charge in [-0.05, 0) is 19.4 Å². The lowest BCUT2D eigenvalue weighted by Gasteiger charge is -2.29. The molecule has 2 heterocycles. The first kappa shape index (κ1) is 14.3. The number of aryl methyl sites for hydroxylation is 1. The highest BCUT2D eigenvalue weighted by Crippen LogP contribution is 2.22. The number of nitrogens with one attached hydrogen (secondary N) is 2. The Morgan fingerprint density at radius 3 is 3.11 bits per heavy atom. The zero-order chi connectivity index (χ0) is 13.9. The third-order valence-corrected chi connectivity index (χ3v) is 3.81. The number of hydrogen-bond donors (Lipinski definition) is 2. The third kappa shape index (κ3) is 3.08. The van der Waals surface area contributed by atoms with Crippen LogP contribution in [0.1, 0.15) is 12.8 Å². The second kappa shape index (κ2) is 5.90. The van der Waals surface area contributed by atoms with Crippen LogP contribution in [-0.4, -0.2) is 42.1 Å². The molecule has 0 bridgehead atoms. The summed E-state index contributed by atoms with van der Waals surface area (Å²) in [6.07, 6.45) is 3.72. The van der Waals surface area contributed by atoms with E-state index in [9.17, 15) is 4.79 Å². The van der Waals surface area contributed by atoms with Gasteiger partial charge in [-0.15, -0.1) is 0 Å². The van der Waals surface area contributed by atoms with Crippen LogP contribution in [-0.2, 0) is 11.8 Å². The van der Waals surface area contributed by atoms with Gasteiger partial charge in [0.25, 0.3) is 5.56 Å². The van der Waals surface area contributed by atoms with Gasteiger partial charge >= 0.3 is 0 Å². The maximum atomic E-state index is 11.7. The second-order valence-electron chi connectivity index (χ2n) is 4.90. The summed E-state index contributed by atoms with van der Waals surface area (Å²) in [5.41, 5.74) is 0.167. The van der Waals surface area contributed by atoms with Gasteiger partial charge in [0.05, 0.1) is 24.0 Å². The Morgan fingerprint density at radius 2 is 2.47 bits per heavy atom. The minimum atomic E-state index is -0.299. The summed E-state index contributed by atoms with van der Waals surface area (Å²) < 4.78 is 6.49. The maximum absolute atomic E-state index is 11.7. The molecule has 2 rings (SSSR count). The van der Waals surface area contributed by atoms with Gasteiger partial charge < -0.3 is 15.4 Å². The molecule has 1 aliphatic rings. The van der Waals surface area contributed by atoms with Gasteiger partial charge in [0, 0.05) is 20.7 Å². The number of nitrogens with zero attached hydrogens (tertiary/aromatic N) is 2. The van der Waals surface area contributed by atoms with E-state index in [-0.39, 0.29) is 16.1 Å². The fourth-order valence-electron chi connectivity index (χ4n) is 2.37. The van der Waals surface area contributed by atoms with Gasteiger partial charge in [-0.1, -0.05) is 11.6 Å². The molecule has 0 aliphatic carbocycles. The molecule has 1 unspecified atom stereocenters. The Morgan fingerprint density at radius 1 is 1.68 bits per heavy atom. The molecule has 0 spiro atoms. The van der Waals surface area contributed by atoms with E-state index in [1.54, 1.807) is 20.4 Å². The third-order valence-electron chi connectivity index (χ3n) is 3.45. The quantitative estimate of drug-likeness (QED) is 0.830. The highest BCUT2D eigenvalue weighted by molar-refractivity contribution is 6.32. The second-order valence-corrected chi connectivity index (χ2v) is 5.28. The van der Waals surface area contributed by atoms with Crippen molar-refractivity contribution in [2.75, 3.05) is 32.1 Å². The Bertz CT molecular complexity index is 497. The van der Waals surface area contributed by atoms with Crippen LogP contribution in [0.3, 0.4) is 0 Å². The minimum absolute atomic E-state index is 0.0981. The lowest BCUT2D eigenvalue weighted by atomic mass is 9.98. The monoisotopic (exact) mass is 286 g/mol. The summed E-state index contributed by atoms with van der Waals surface area (Å²) in [6, 6.07) is 0. The summed E-state index contributed by atoms with van der Waals surface area (Å²) in [5, 5.41) is 10.8. The Balaban J connectivity index is 2.09. The minimum Gasteiger partial charge on any atom is -0.383 e. The summed E-state index contributed by atoms with van der Waals surface area (Å²) in [7, 11) is 3.26. The molecule has 1 aliphatic heterocycles. The largest absolute Gasteiger partial charge is 0.383 e. The van der Waals surface area contributed by atoms with Crippen molar-refractivity contribution in [2.24, 2.45) is 7.05 Å². The average molecular weight is 287 g/mol. The average Bonchev–Trinajstić information content (AvgIpc) is 2.85. The number of methoxy groups -OCH3 is 1. The molecular formula is C12H19ClN4O2. The molecule has 1 atom stereocenters. The van der Waals surface area contributed by atoms with Crippen molar-refractivity contribution < 1.29 is 4.74 Å². The molecule has 6 nitrogen and oxygen atoms in total. The van der Waals surface area contributed by atoms with Gasteiger partial charge in [-0.3, -0.25) is 4.79 Å². The topological polar surface area (TPSA) is 68.2 Å². The molecule has 0 aromatic carbocycles. The molecule has 1 saturated heterocycles. The summed E-state index contributed by atoms with van der Waals surface area (Å²) in [6.45, 7) is 2.25. The molecule has 1 fully saturated rings. The summed E-state index contributed by atoms with van der Waals surface area (Å²) in [4.78, 5) is 11.7. The van der Waals surface area contributed by atoms with E-state index in [4.69, 9.17) is 16.3 Å². The van der Waals surface area contributed by atoms with Crippen molar-refractivity contribution >= 4 is 17.3 Å². The van der Waals surface area contributed by atoms with E-state index in [1.165, 1.54) is 4.68 Å². The number of rotatable bonds is 5. The first-order chi connectivity index (χ1) is 9.08. The Kier molecular flexibility index (Phi) is 4.44. The van der Waals surface area contributed by atoms with Crippen LogP contribution in [0.5, 0.6) is 0 Å². The molecule has 1 aromatic rings. The van der Waals surface area contributed by atoms with E-state index in [0.717, 1.165) is 19.4 Å². The van der Waals surface area contributed by atoms with Crippen LogP contribution in [0.2, 0.25) is 5.02 Å². The molecule has 2 N–H and O–H groups in total. The van der Waals surface area contributed by atoms with Crippen molar-refractivity contribution in [3.05, 3.63) is 21.6 Å². The first-order valence-corrected chi connectivity index (χ1v) is 6.65. The molecule has 0 amide bonds. The molecule has 0 radical (unpaired) electrons. The molecule has 106 valence electrons. The molecular weight excluding hydrogens is 268 g/mol. The zero-order valence-electron chi connectivity index (χ0n) is 11.2. The van der Waals surface area contributed by atoms with E-state index >= 15 is 0 Å². The van der Waals surface area contributed by atoms with Crippen LogP contribution in [0.25, 0.3) is 0 Å². The van der Waals surface area contributed by atoms with Crippen molar-refractivity contribution in [2.45, 2.75) is 18.4 Å². The number of aromatic nitrogens is 2. The normalized spacial score (nSPS) is 22.7. The maximum Gasteiger partial charge on any atom is 0.287 e. The van der Waals surface area contributed by atoms with Gasteiger partial charge in [0.2, 0.25) is 0 Å². The van der Waals surface area contributed by atoms with E-state index in [1.807, 2.05) is 0 Å². The van der Waals surface area contributed by atoms with Crippen molar-refractivity contribution in [1.29, 1.82) is 0 Å². The van der Waals surface area contributed by atoms with Crippen LogP contribution in [0.4, 0.5) is 5.69 Å². The summed E-state index contributed by atoms with van der Waals surface area (Å²) >= 11 is 6.02. The molecule has 19 heavy (non-hydrogen) atoms. The fourth-order valence-corrected chi connectivity index (χ4v) is 2.61. The van der Waals surface area contributed by atoms with Gasteiger partial charge in [0.15, 0.2) is 0 Å². The zero-order valence-corrected chi connectivity index (χ0v) is 12.0. The highest BCUT2D eigenvalue weighted by Gasteiger charge is 2.33. The van der Waals surface area contributed by atoms with Crippen molar-refractivity contribution in [3.63, 3.8) is 0 Å². The number of ether oxygens (including phenoxy) is 1.